The van der Waals surface area contributed by atoms with Crippen LogP contribution in [0.3, 0.4) is 0 Å². The van der Waals surface area contributed by atoms with E-state index in [0.29, 0.717) is 30.2 Å². The number of hydrogen-bond donors (Lipinski definition) is 0. The zero-order valence-electron chi connectivity index (χ0n) is 13.6. The zero-order valence-corrected chi connectivity index (χ0v) is 13.6. The van der Waals surface area contributed by atoms with Crippen LogP contribution in [0.4, 0.5) is 4.39 Å². The van der Waals surface area contributed by atoms with Crippen LogP contribution < -0.4 is 0 Å². The Bertz CT molecular complexity index is 792. The third-order valence-corrected chi connectivity index (χ3v) is 3.90. The summed E-state index contributed by atoms with van der Waals surface area (Å²) in [6.07, 6.45) is 3.55. The van der Waals surface area contributed by atoms with Crippen molar-refractivity contribution >= 4 is 0 Å². The van der Waals surface area contributed by atoms with E-state index >= 15 is 0 Å². The van der Waals surface area contributed by atoms with Gasteiger partial charge < -0.3 is 4.52 Å². The SMILES string of the molecule is C[C@@H](c1ccncn1)N(C)Cc1nc(Cc2ccccc2F)no1. The van der Waals surface area contributed by atoms with Crippen LogP contribution in [-0.4, -0.2) is 32.1 Å². The molecule has 1 aromatic carbocycles. The van der Waals surface area contributed by atoms with E-state index in [2.05, 4.69) is 20.1 Å². The Morgan fingerprint density at radius 3 is 2.83 bits per heavy atom. The smallest absolute Gasteiger partial charge is 0.240 e. The van der Waals surface area contributed by atoms with E-state index in [0.717, 1.165) is 5.69 Å². The number of nitrogens with zero attached hydrogens (tertiary/aromatic N) is 5. The Morgan fingerprint density at radius 2 is 2.08 bits per heavy atom. The van der Waals surface area contributed by atoms with Crippen molar-refractivity contribution in [1.82, 2.24) is 25.0 Å². The number of benzene rings is 1. The maximum absolute atomic E-state index is 13.7. The van der Waals surface area contributed by atoms with E-state index in [4.69, 9.17) is 4.52 Å². The molecular weight excluding hydrogens is 309 g/mol. The minimum atomic E-state index is -0.265. The molecule has 24 heavy (non-hydrogen) atoms. The van der Waals surface area contributed by atoms with Gasteiger partial charge in [-0.3, -0.25) is 4.90 Å². The molecule has 0 aliphatic carbocycles. The lowest BCUT2D eigenvalue weighted by molar-refractivity contribution is 0.213. The molecule has 0 fully saturated rings. The zero-order chi connectivity index (χ0) is 16.9. The maximum atomic E-state index is 13.7. The summed E-state index contributed by atoms with van der Waals surface area (Å²) < 4.78 is 19.0. The molecule has 0 amide bonds. The highest BCUT2D eigenvalue weighted by atomic mass is 19.1. The van der Waals surface area contributed by atoms with Gasteiger partial charge in [0.25, 0.3) is 0 Å². The Hall–Kier alpha value is -2.67. The largest absolute Gasteiger partial charge is 0.338 e. The lowest BCUT2D eigenvalue weighted by Crippen LogP contribution is -2.22. The first-order valence-corrected chi connectivity index (χ1v) is 7.64. The van der Waals surface area contributed by atoms with Crippen molar-refractivity contribution in [3.63, 3.8) is 0 Å². The molecule has 0 spiro atoms. The van der Waals surface area contributed by atoms with Crippen LogP contribution in [0.15, 0.2) is 47.4 Å². The molecule has 6 nitrogen and oxygen atoms in total. The molecule has 3 rings (SSSR count). The predicted molar refractivity (Wildman–Crippen MR) is 85.4 cm³/mol. The van der Waals surface area contributed by atoms with Crippen molar-refractivity contribution in [2.24, 2.45) is 0 Å². The van der Waals surface area contributed by atoms with E-state index in [1.54, 1.807) is 24.4 Å². The number of hydrogen-bond acceptors (Lipinski definition) is 6. The van der Waals surface area contributed by atoms with Crippen LogP contribution in [0.25, 0.3) is 0 Å². The van der Waals surface area contributed by atoms with Gasteiger partial charge in [0.15, 0.2) is 5.82 Å². The second-order valence-electron chi connectivity index (χ2n) is 5.60. The molecule has 0 radical (unpaired) electrons. The van der Waals surface area contributed by atoms with Gasteiger partial charge in [-0.1, -0.05) is 23.4 Å². The van der Waals surface area contributed by atoms with Gasteiger partial charge in [-0.15, -0.1) is 0 Å². The van der Waals surface area contributed by atoms with Crippen molar-refractivity contribution in [3.8, 4) is 0 Å². The monoisotopic (exact) mass is 327 g/mol. The topological polar surface area (TPSA) is 67.9 Å². The molecule has 0 saturated heterocycles. The summed E-state index contributed by atoms with van der Waals surface area (Å²) in [5.41, 5.74) is 1.46. The van der Waals surface area contributed by atoms with Crippen molar-refractivity contribution < 1.29 is 8.91 Å². The summed E-state index contributed by atoms with van der Waals surface area (Å²) in [7, 11) is 1.95. The first-order valence-electron chi connectivity index (χ1n) is 7.64. The summed E-state index contributed by atoms with van der Waals surface area (Å²) in [5.74, 6) is 0.696. The summed E-state index contributed by atoms with van der Waals surface area (Å²) >= 11 is 0. The van der Waals surface area contributed by atoms with Gasteiger partial charge in [0.1, 0.15) is 12.1 Å². The van der Waals surface area contributed by atoms with Crippen LogP contribution in [0.2, 0.25) is 0 Å². The van der Waals surface area contributed by atoms with Gasteiger partial charge in [-0.05, 0) is 31.7 Å². The second kappa shape index (κ2) is 7.27. The highest BCUT2D eigenvalue weighted by molar-refractivity contribution is 5.20. The predicted octanol–water partition coefficient (Wildman–Crippen LogP) is 2.78. The first kappa shape index (κ1) is 16.2. The van der Waals surface area contributed by atoms with Crippen LogP contribution in [0.1, 0.15) is 35.9 Å². The highest BCUT2D eigenvalue weighted by Gasteiger charge is 2.17. The maximum Gasteiger partial charge on any atom is 0.240 e. The van der Waals surface area contributed by atoms with Gasteiger partial charge in [-0.2, -0.15) is 4.98 Å². The Labute approximate surface area is 139 Å². The summed E-state index contributed by atoms with van der Waals surface area (Å²) in [6.45, 7) is 2.52. The summed E-state index contributed by atoms with van der Waals surface area (Å²) in [5, 5.41) is 3.93. The van der Waals surface area contributed by atoms with Crippen molar-refractivity contribution in [2.75, 3.05) is 7.05 Å². The molecule has 1 atom stereocenters. The molecule has 0 aliphatic heterocycles. The van der Waals surface area contributed by atoms with Gasteiger partial charge in [0.05, 0.1) is 12.2 Å². The van der Waals surface area contributed by atoms with E-state index in [1.165, 1.54) is 12.4 Å². The van der Waals surface area contributed by atoms with Crippen LogP contribution >= 0.6 is 0 Å². The second-order valence-corrected chi connectivity index (χ2v) is 5.60. The van der Waals surface area contributed by atoms with E-state index in [9.17, 15) is 4.39 Å². The van der Waals surface area contributed by atoms with E-state index in [1.807, 2.05) is 24.9 Å². The Balaban J connectivity index is 1.64. The number of aromatic nitrogens is 4. The number of halogens is 1. The molecule has 7 heteroatoms. The molecule has 2 heterocycles. The molecule has 0 unspecified atom stereocenters. The fourth-order valence-electron chi connectivity index (χ4n) is 2.36. The third-order valence-electron chi connectivity index (χ3n) is 3.90. The molecule has 0 N–H and O–H groups in total. The lowest BCUT2D eigenvalue weighted by Gasteiger charge is -2.22. The summed E-state index contributed by atoms with van der Waals surface area (Å²) in [6, 6.07) is 8.54. The molecule has 3 aromatic rings. The fraction of sp³-hybridized carbons (Fsp3) is 0.294. The highest BCUT2D eigenvalue weighted by Crippen LogP contribution is 2.18. The summed E-state index contributed by atoms with van der Waals surface area (Å²) in [4.78, 5) is 14.6. The van der Waals surface area contributed by atoms with Crippen LogP contribution in [0, 0.1) is 5.82 Å². The molecular formula is C17H18FN5O. The van der Waals surface area contributed by atoms with Crippen LogP contribution in [0.5, 0.6) is 0 Å². The average molecular weight is 327 g/mol. The quantitative estimate of drug-likeness (QED) is 0.693. The van der Waals surface area contributed by atoms with Crippen LogP contribution in [-0.2, 0) is 13.0 Å². The molecule has 0 aliphatic rings. The minimum Gasteiger partial charge on any atom is -0.338 e. The van der Waals surface area contributed by atoms with Crippen molar-refractivity contribution in [2.45, 2.75) is 25.9 Å². The normalized spacial score (nSPS) is 12.5. The first-order chi connectivity index (χ1) is 11.6. The van der Waals surface area contributed by atoms with E-state index in [-0.39, 0.29) is 11.9 Å². The minimum absolute atomic E-state index is 0.0786. The van der Waals surface area contributed by atoms with Gasteiger partial charge in [0.2, 0.25) is 5.89 Å². The fourth-order valence-corrected chi connectivity index (χ4v) is 2.36. The average Bonchev–Trinajstić information content (AvgIpc) is 3.04. The standard InChI is InChI=1S/C17H18FN5O/c1-12(15-7-8-19-11-20-15)23(2)10-17-21-16(22-24-17)9-13-5-3-4-6-14(13)18/h3-8,11-12H,9-10H2,1-2H3/t12-/m0/s1. The molecule has 0 bridgehead atoms. The number of rotatable bonds is 6. The van der Waals surface area contributed by atoms with Gasteiger partial charge in [0, 0.05) is 18.7 Å². The van der Waals surface area contributed by atoms with Crippen molar-refractivity contribution in [3.05, 3.63) is 71.6 Å². The molecule has 2 aromatic heterocycles. The lowest BCUT2D eigenvalue weighted by atomic mass is 10.1. The Morgan fingerprint density at radius 1 is 1.25 bits per heavy atom. The van der Waals surface area contributed by atoms with Crippen molar-refractivity contribution in [1.29, 1.82) is 0 Å². The van der Waals surface area contributed by atoms with Gasteiger partial charge >= 0.3 is 0 Å². The molecule has 0 saturated carbocycles. The van der Waals surface area contributed by atoms with Gasteiger partial charge in [-0.25, -0.2) is 14.4 Å². The van der Waals surface area contributed by atoms with E-state index < -0.39 is 0 Å². The third kappa shape index (κ3) is 3.80. The molecule has 124 valence electrons. The Kier molecular flexibility index (Phi) is 4.90.